The highest BCUT2D eigenvalue weighted by atomic mass is 35.5. The maximum atomic E-state index is 17.6. The Balaban J connectivity index is 1.60. The van der Waals surface area contributed by atoms with Gasteiger partial charge < -0.3 is 43.4 Å². The zero-order chi connectivity index (χ0) is 55.6. The molecule has 0 fully saturated rings. The van der Waals surface area contributed by atoms with E-state index in [0.717, 1.165) is 35.6 Å². The van der Waals surface area contributed by atoms with Crippen LogP contribution in [0.25, 0.3) is 22.3 Å². The number of benzene rings is 6. The quantitative estimate of drug-likeness (QED) is 0.0331. The fourth-order valence-corrected chi connectivity index (χ4v) is 10.3. The highest BCUT2D eigenvalue weighted by molar-refractivity contribution is 7.91. The van der Waals surface area contributed by atoms with Crippen molar-refractivity contribution in [2.75, 3.05) is 66.1 Å². The third-order valence-electron chi connectivity index (χ3n) is 12.0. The van der Waals surface area contributed by atoms with Gasteiger partial charge in [0.1, 0.15) is 23.3 Å². The summed E-state index contributed by atoms with van der Waals surface area (Å²) in [4.78, 5) is 60.5. The van der Waals surface area contributed by atoms with Crippen LogP contribution in [0.15, 0.2) is 143 Å². The summed E-state index contributed by atoms with van der Waals surface area (Å²) in [6, 6.07) is 28.4. The van der Waals surface area contributed by atoms with Crippen LogP contribution >= 0.6 is 23.2 Å². The normalized spacial score (nSPS) is 12.9. The fraction of sp³-hybridized carbons (Fsp3) is 0.231. The minimum absolute atomic E-state index is 0.0502. The first-order chi connectivity index (χ1) is 36.0. The number of halogens is 4. The summed E-state index contributed by atoms with van der Waals surface area (Å²) in [6.45, 7) is 1.12. The summed E-state index contributed by atoms with van der Waals surface area (Å²) >= 11 is 12.2. The monoisotopic (exact) mass is 1120 g/mol. The van der Waals surface area contributed by atoms with Crippen LogP contribution in [-0.2, 0) is 29.3 Å². The summed E-state index contributed by atoms with van der Waals surface area (Å²) in [5, 5.41) is 19.8. The van der Waals surface area contributed by atoms with E-state index in [4.69, 9.17) is 34.7 Å². The van der Waals surface area contributed by atoms with Crippen LogP contribution in [0.3, 0.4) is 0 Å². The van der Waals surface area contributed by atoms with Crippen molar-refractivity contribution in [2.24, 2.45) is 11.5 Å². The van der Waals surface area contributed by atoms with Gasteiger partial charge in [0.2, 0.25) is 0 Å². The molecule has 6 aromatic rings. The molecule has 2 atom stereocenters. The van der Waals surface area contributed by atoms with E-state index >= 15 is 18.4 Å². The molecule has 0 heterocycles. The molecule has 0 aromatic heterocycles. The number of rotatable bonds is 21. The lowest BCUT2D eigenvalue weighted by molar-refractivity contribution is -0.127. The smallest absolute Gasteiger partial charge is 0.320 e. The zero-order valence-corrected chi connectivity index (χ0v) is 44.7. The van der Waals surface area contributed by atoms with E-state index < -0.39 is 103 Å². The molecule has 0 saturated heterocycles. The molecule has 0 aliphatic heterocycles. The lowest BCUT2D eigenvalue weighted by Crippen LogP contribution is -2.79. The number of hydrogen-bond donors (Lipinski definition) is 9. The number of amides is 6. The molecule has 6 amide bonds. The Hall–Kier alpha value is -7.02. The van der Waals surface area contributed by atoms with Crippen LogP contribution in [0.4, 0.5) is 41.1 Å². The van der Waals surface area contributed by atoms with Crippen LogP contribution in [0.5, 0.6) is 0 Å². The number of urea groups is 2. The maximum absolute atomic E-state index is 17.6. The van der Waals surface area contributed by atoms with Gasteiger partial charge in [-0.1, -0.05) is 85.6 Å². The third-order valence-corrected chi connectivity index (χ3v) is 14.8. The van der Waals surface area contributed by atoms with Crippen LogP contribution in [0, 0.1) is 11.6 Å². The highest BCUT2D eigenvalue weighted by Crippen LogP contribution is 2.36. The van der Waals surface area contributed by atoms with E-state index in [-0.39, 0.29) is 56.5 Å². The summed E-state index contributed by atoms with van der Waals surface area (Å²) in [5.74, 6) is -4.66. The Kier molecular flexibility index (Phi) is 19.0. The Bertz CT molecular complexity index is 3340. The second-order valence-electron chi connectivity index (χ2n) is 17.4. The molecular weight excluding hydrogens is 1070 g/mol. The molecule has 6 rings (SSSR count). The van der Waals surface area contributed by atoms with Crippen molar-refractivity contribution >= 4 is 89.5 Å². The van der Waals surface area contributed by atoms with Crippen molar-refractivity contribution in [1.29, 1.82) is 0 Å². The summed E-state index contributed by atoms with van der Waals surface area (Å²) < 4.78 is 85.5. The number of nitrogens with two attached hydrogens (primary N) is 2. The lowest BCUT2D eigenvalue weighted by atomic mass is 9.88. The van der Waals surface area contributed by atoms with E-state index in [2.05, 4.69) is 37.2 Å². The molecule has 0 aliphatic carbocycles. The van der Waals surface area contributed by atoms with Crippen LogP contribution in [0.2, 0.25) is 10.0 Å². The Morgan fingerprint density at radius 1 is 0.618 bits per heavy atom. The molecule has 0 radical (unpaired) electrons. The summed E-state index contributed by atoms with van der Waals surface area (Å²) in [6.07, 6.45) is 0.0176. The number of sulfone groups is 2. The number of hydrogen-bond acceptors (Lipinski definition) is 12. The Labute approximate surface area is 449 Å². The van der Waals surface area contributed by atoms with Gasteiger partial charge in [0.25, 0.3) is 11.8 Å². The molecule has 11 N–H and O–H groups in total. The first-order valence-corrected chi connectivity index (χ1v) is 27.9. The Morgan fingerprint density at radius 3 is 1.54 bits per heavy atom. The molecule has 0 aliphatic rings. The van der Waals surface area contributed by atoms with E-state index in [1.165, 1.54) is 103 Å². The average Bonchev–Trinajstić information content (AvgIpc) is 3.38. The maximum Gasteiger partial charge on any atom is 0.320 e. The van der Waals surface area contributed by atoms with Crippen molar-refractivity contribution < 1.29 is 44.8 Å². The molecular formula is C52H56Cl2F2N10O8S2. The molecule has 6 aromatic carbocycles. The van der Waals surface area contributed by atoms with Gasteiger partial charge in [-0.2, -0.15) is 0 Å². The van der Waals surface area contributed by atoms with Crippen LogP contribution in [-0.4, -0.2) is 103 Å². The van der Waals surface area contributed by atoms with Crippen molar-refractivity contribution in [3.8, 4) is 22.3 Å². The van der Waals surface area contributed by atoms with Gasteiger partial charge in [-0.15, -0.1) is 0 Å². The van der Waals surface area contributed by atoms with E-state index in [1.54, 1.807) is 26.0 Å². The third kappa shape index (κ3) is 13.5. The Morgan fingerprint density at radius 2 is 1.09 bits per heavy atom. The predicted octanol–water partition coefficient (Wildman–Crippen LogP) is 6.97. The van der Waals surface area contributed by atoms with Gasteiger partial charge in [0.15, 0.2) is 25.2 Å². The van der Waals surface area contributed by atoms with E-state index in [9.17, 15) is 26.4 Å². The predicted molar refractivity (Wildman–Crippen MR) is 293 cm³/mol. The molecule has 76 heavy (non-hydrogen) atoms. The average molecular weight is 1120 g/mol. The molecule has 0 saturated carbocycles. The molecule has 0 bridgehead atoms. The summed E-state index contributed by atoms with van der Waals surface area (Å²) in [5.41, 5.74) is 7.61. The van der Waals surface area contributed by atoms with Crippen molar-refractivity contribution in [1.82, 2.24) is 21.3 Å². The number of carbonyl (C=O) groups is 4. The molecule has 24 heteroatoms. The van der Waals surface area contributed by atoms with Gasteiger partial charge in [-0.05, 0) is 109 Å². The van der Waals surface area contributed by atoms with E-state index in [1.807, 2.05) is 0 Å². The van der Waals surface area contributed by atoms with Crippen molar-refractivity contribution in [3.63, 3.8) is 0 Å². The largest absolute Gasteiger partial charge is 0.328 e. The van der Waals surface area contributed by atoms with Crippen LogP contribution < -0.4 is 53.6 Å². The van der Waals surface area contributed by atoms with Gasteiger partial charge in [-0.25, -0.2) is 35.2 Å². The fourth-order valence-electron chi connectivity index (χ4n) is 8.24. The first kappa shape index (κ1) is 58.2. The number of nitrogens with zero attached hydrogens (tertiary/aromatic N) is 1. The lowest BCUT2D eigenvalue weighted by Gasteiger charge is -2.48. The minimum atomic E-state index is -3.88. The second-order valence-corrected chi connectivity index (χ2v) is 22.2. The van der Waals surface area contributed by atoms with Crippen molar-refractivity contribution in [2.45, 2.75) is 40.9 Å². The SMILES string of the molecule is CCNCC(NC(=O)Nc1ccc(Cl)cc1)(C(=O)Nc1ccc(-c2ccccc2S(C)(=O)=O)cc1F)C(NCC)N(C(=O)C(CN)(CN)NC(=O)Nc1ccc(Cl)cc1)c1ccc(-c2ccccc2S(C)(=O)=O)cc1F. The minimum Gasteiger partial charge on any atom is -0.328 e. The topological polar surface area (TPSA) is 276 Å². The van der Waals surface area contributed by atoms with Gasteiger partial charge in [0.05, 0.1) is 21.2 Å². The molecule has 0 spiro atoms. The molecule has 2 unspecified atom stereocenters. The van der Waals surface area contributed by atoms with E-state index in [0.29, 0.717) is 10.0 Å². The highest BCUT2D eigenvalue weighted by Gasteiger charge is 2.55. The number of carbonyl (C=O) groups excluding carboxylic acids is 4. The van der Waals surface area contributed by atoms with Gasteiger partial charge in [-0.3, -0.25) is 19.8 Å². The van der Waals surface area contributed by atoms with Crippen LogP contribution in [0.1, 0.15) is 13.8 Å². The van der Waals surface area contributed by atoms with Gasteiger partial charge in [0, 0.05) is 64.7 Å². The first-order valence-electron chi connectivity index (χ1n) is 23.4. The zero-order valence-electron chi connectivity index (χ0n) is 41.5. The second kappa shape index (κ2) is 24.8. The summed E-state index contributed by atoms with van der Waals surface area (Å²) in [7, 11) is -7.67. The number of likely N-dealkylation sites (N-methyl/N-ethyl adjacent to an activating group) is 2. The number of anilines is 4. The standard InChI is InChI=1S/C52H56Cl2F2N10O8S2/c1-5-59-31-52(65-50(70)62-37-23-19-35(54)20-24-37,47(67)63-42-25-15-32(27-40(42)55)38-11-7-9-13-44(38)75(3,71)72)46(60-6-2)66(43-26-16-33(28-41(43)56)39-12-8-10-14-45(39)76(4,73)74)48(68)51(29-57,30-58)64-49(69)61-36-21-17-34(53)18-22-36/h7-28,46,59-60H,5-6,29-31,57-58H2,1-4H3,(H,63,67)(H2,61,64,69)(H2,62,65,70). The molecule has 18 nitrogen and oxygen atoms in total. The van der Waals surface area contributed by atoms with Crippen molar-refractivity contribution in [3.05, 3.63) is 155 Å². The number of nitrogens with one attached hydrogen (secondary N) is 7. The molecule has 402 valence electrons. The van der Waals surface area contributed by atoms with Gasteiger partial charge >= 0.3 is 12.1 Å².